The number of hydrogen-bond donors (Lipinski definition) is 2. The molecule has 240 valence electrons. The van der Waals surface area contributed by atoms with Gasteiger partial charge in [0.05, 0.1) is 34.6 Å². The Labute approximate surface area is 286 Å². The Balaban J connectivity index is 1.29. The molecule has 0 bridgehead atoms. The lowest BCUT2D eigenvalue weighted by molar-refractivity contribution is -0.136. The lowest BCUT2D eigenvalue weighted by atomic mass is 10.0. The Morgan fingerprint density at radius 2 is 1.78 bits per heavy atom. The van der Waals surface area contributed by atoms with Crippen LogP contribution in [-0.2, 0) is 25.5 Å². The second-order valence-electron chi connectivity index (χ2n) is 10.6. The van der Waals surface area contributed by atoms with Crippen LogP contribution in [0.3, 0.4) is 0 Å². The fourth-order valence-electron chi connectivity index (χ4n) is 4.96. The highest BCUT2D eigenvalue weighted by Gasteiger charge is 2.32. The number of carboxylic acids is 1. The molecule has 0 spiro atoms. The summed E-state index contributed by atoms with van der Waals surface area (Å²) >= 11 is 19.1. The standard InChI is InChI=1S/C33H31Cl2N3O6S2/c34-26-6-4-23(19-27(26)35)22-5-7-28(44-15-12-37-10-13-43-14-11-37)24(18-22)20-29-32(42)38(33(45)46-29)9-8-30(39)36-25-3-1-2-21(16-25)17-31(40)41/h1-7,16,18-20H,8-15,17H2,(H,36,39)(H,40,41). The number of ether oxygens (including phenoxy) is 2. The van der Waals surface area contributed by atoms with Crippen molar-refractivity contribution in [2.75, 3.05) is 51.3 Å². The van der Waals surface area contributed by atoms with Crippen molar-refractivity contribution in [2.45, 2.75) is 12.8 Å². The van der Waals surface area contributed by atoms with Crippen LogP contribution >= 0.6 is 47.2 Å². The summed E-state index contributed by atoms with van der Waals surface area (Å²) in [5.74, 6) is -0.966. The fraction of sp³-hybridized carbons (Fsp3) is 0.273. The van der Waals surface area contributed by atoms with Gasteiger partial charge in [-0.25, -0.2) is 0 Å². The predicted octanol–water partition coefficient (Wildman–Crippen LogP) is 6.23. The molecule has 3 aromatic rings. The van der Waals surface area contributed by atoms with Crippen LogP contribution < -0.4 is 10.1 Å². The zero-order valence-electron chi connectivity index (χ0n) is 24.7. The first-order chi connectivity index (χ1) is 22.2. The Hall–Kier alpha value is -3.45. The summed E-state index contributed by atoms with van der Waals surface area (Å²) < 4.78 is 12.0. The highest BCUT2D eigenvalue weighted by atomic mass is 35.5. The van der Waals surface area contributed by atoms with Crippen LogP contribution in [0.1, 0.15) is 17.5 Å². The largest absolute Gasteiger partial charge is 0.492 e. The van der Waals surface area contributed by atoms with Crippen LogP contribution in [-0.4, -0.2) is 83.0 Å². The molecule has 2 saturated heterocycles. The molecule has 2 N–H and O–H groups in total. The van der Waals surface area contributed by atoms with Crippen molar-refractivity contribution in [3.63, 3.8) is 0 Å². The zero-order valence-corrected chi connectivity index (χ0v) is 27.8. The number of hydrogen-bond acceptors (Lipinski definition) is 8. The molecule has 2 amide bonds. The molecule has 0 unspecified atom stereocenters. The van der Waals surface area contributed by atoms with Crippen molar-refractivity contribution in [1.29, 1.82) is 0 Å². The number of thioether (sulfide) groups is 1. The van der Waals surface area contributed by atoms with E-state index in [-0.39, 0.29) is 31.2 Å². The van der Waals surface area contributed by atoms with Crippen LogP contribution in [0.25, 0.3) is 17.2 Å². The molecule has 3 aromatic carbocycles. The van der Waals surface area contributed by atoms with Gasteiger partial charge in [0.2, 0.25) is 5.91 Å². The maximum absolute atomic E-state index is 13.5. The van der Waals surface area contributed by atoms with Gasteiger partial charge >= 0.3 is 5.97 Å². The number of nitrogens with zero attached hydrogens (tertiary/aromatic N) is 2. The van der Waals surface area contributed by atoms with Crippen molar-refractivity contribution in [3.8, 4) is 16.9 Å². The smallest absolute Gasteiger partial charge is 0.307 e. The monoisotopic (exact) mass is 699 g/mol. The number of benzene rings is 3. The Morgan fingerprint density at radius 1 is 1.02 bits per heavy atom. The highest BCUT2D eigenvalue weighted by Crippen LogP contribution is 2.37. The van der Waals surface area contributed by atoms with Gasteiger partial charge in [0, 0.05) is 43.9 Å². The van der Waals surface area contributed by atoms with Gasteiger partial charge in [-0.3, -0.25) is 24.2 Å². The van der Waals surface area contributed by atoms with Gasteiger partial charge in [0.25, 0.3) is 5.91 Å². The fourth-order valence-corrected chi connectivity index (χ4v) is 6.56. The summed E-state index contributed by atoms with van der Waals surface area (Å²) in [7, 11) is 0. The average Bonchev–Trinajstić information content (AvgIpc) is 3.29. The van der Waals surface area contributed by atoms with Crippen molar-refractivity contribution >= 4 is 81.0 Å². The van der Waals surface area contributed by atoms with Crippen LogP contribution in [0, 0.1) is 0 Å². The lowest BCUT2D eigenvalue weighted by Crippen LogP contribution is -2.38. The third-order valence-corrected chi connectivity index (χ3v) is 9.44. The minimum Gasteiger partial charge on any atom is -0.492 e. The first kappa shape index (κ1) is 33.9. The van der Waals surface area contributed by atoms with E-state index in [9.17, 15) is 14.4 Å². The topological polar surface area (TPSA) is 108 Å². The molecule has 2 aliphatic rings. The average molecular weight is 701 g/mol. The van der Waals surface area contributed by atoms with E-state index in [1.807, 2.05) is 24.3 Å². The maximum atomic E-state index is 13.5. The molecule has 0 saturated carbocycles. The van der Waals surface area contributed by atoms with Gasteiger partial charge in [-0.2, -0.15) is 0 Å². The first-order valence-corrected chi connectivity index (χ1v) is 16.5. The Kier molecular flexibility index (Phi) is 11.7. The predicted molar refractivity (Wildman–Crippen MR) is 186 cm³/mol. The maximum Gasteiger partial charge on any atom is 0.307 e. The molecule has 2 heterocycles. The van der Waals surface area contributed by atoms with Crippen LogP contribution in [0.4, 0.5) is 5.69 Å². The second kappa shape index (κ2) is 15.9. The number of morpholine rings is 1. The van der Waals surface area contributed by atoms with Gasteiger partial charge in [0.15, 0.2) is 0 Å². The minimum atomic E-state index is -0.960. The molecular weight excluding hydrogens is 669 g/mol. The number of rotatable bonds is 12. The summed E-state index contributed by atoms with van der Waals surface area (Å²) in [5, 5.41) is 12.7. The van der Waals surface area contributed by atoms with E-state index in [0.717, 1.165) is 30.8 Å². The molecule has 13 heteroatoms. The Morgan fingerprint density at radius 3 is 2.54 bits per heavy atom. The van der Waals surface area contributed by atoms with Gasteiger partial charge in [0.1, 0.15) is 16.7 Å². The number of carboxylic acid groups (broad SMARTS) is 1. The van der Waals surface area contributed by atoms with Gasteiger partial charge < -0.3 is 19.9 Å². The molecule has 2 aliphatic heterocycles. The van der Waals surface area contributed by atoms with E-state index in [1.54, 1.807) is 42.5 Å². The number of anilines is 1. The SMILES string of the molecule is O=C(O)Cc1cccc(NC(=O)CCN2C(=O)C(=Cc3cc(-c4ccc(Cl)c(Cl)c4)ccc3OCCN3CCOCC3)SC2=S)c1. The minimum absolute atomic E-state index is 0.00555. The molecule has 0 radical (unpaired) electrons. The summed E-state index contributed by atoms with van der Waals surface area (Å²) in [4.78, 5) is 41.3. The molecule has 2 fully saturated rings. The molecule has 46 heavy (non-hydrogen) atoms. The molecule has 5 rings (SSSR count). The summed E-state index contributed by atoms with van der Waals surface area (Å²) in [6, 6.07) is 17.8. The summed E-state index contributed by atoms with van der Waals surface area (Å²) in [5.41, 5.74) is 3.48. The number of aliphatic carboxylic acids is 1. The van der Waals surface area contributed by atoms with E-state index >= 15 is 0 Å². The molecule has 0 aliphatic carbocycles. The van der Waals surface area contributed by atoms with Gasteiger partial charge in [-0.05, 0) is 59.2 Å². The normalized spacial score (nSPS) is 16.2. The molecule has 9 nitrogen and oxygen atoms in total. The third kappa shape index (κ3) is 9.09. The van der Waals surface area contributed by atoms with Gasteiger partial charge in [-0.15, -0.1) is 0 Å². The number of carbonyl (C=O) groups is 3. The van der Waals surface area contributed by atoms with Crippen LogP contribution in [0.2, 0.25) is 10.0 Å². The van der Waals surface area contributed by atoms with Crippen LogP contribution in [0.15, 0.2) is 65.6 Å². The number of amides is 2. The Bertz CT molecular complexity index is 1680. The van der Waals surface area contributed by atoms with E-state index in [1.165, 1.54) is 16.7 Å². The van der Waals surface area contributed by atoms with Crippen molar-refractivity contribution in [1.82, 2.24) is 9.80 Å². The molecule has 0 atom stereocenters. The number of nitrogens with one attached hydrogen (secondary N) is 1. The van der Waals surface area contributed by atoms with Crippen LogP contribution in [0.5, 0.6) is 5.75 Å². The summed E-state index contributed by atoms with van der Waals surface area (Å²) in [6.45, 7) is 4.40. The van der Waals surface area contributed by atoms with Crippen molar-refractivity contribution < 1.29 is 29.0 Å². The lowest BCUT2D eigenvalue weighted by Gasteiger charge is -2.26. The quantitative estimate of drug-likeness (QED) is 0.168. The van der Waals surface area contributed by atoms with E-state index in [4.69, 9.17) is 50.0 Å². The van der Waals surface area contributed by atoms with E-state index in [2.05, 4.69) is 10.2 Å². The zero-order chi connectivity index (χ0) is 32.6. The highest BCUT2D eigenvalue weighted by molar-refractivity contribution is 8.26. The van der Waals surface area contributed by atoms with E-state index in [0.29, 0.717) is 61.7 Å². The van der Waals surface area contributed by atoms with E-state index < -0.39 is 5.97 Å². The molecule has 0 aromatic heterocycles. The number of carbonyl (C=O) groups excluding carboxylic acids is 2. The summed E-state index contributed by atoms with van der Waals surface area (Å²) in [6.07, 6.45) is 1.62. The van der Waals surface area contributed by atoms with Gasteiger partial charge in [-0.1, -0.05) is 71.4 Å². The van der Waals surface area contributed by atoms with Crippen molar-refractivity contribution in [3.05, 3.63) is 86.7 Å². The number of thiocarbonyl (C=S) groups is 1. The van der Waals surface area contributed by atoms with Crippen molar-refractivity contribution in [2.24, 2.45) is 0 Å². The number of halogens is 2. The first-order valence-electron chi connectivity index (χ1n) is 14.5. The molecular formula is C33H31Cl2N3O6S2. The second-order valence-corrected chi connectivity index (χ2v) is 13.1. The third-order valence-electron chi connectivity index (χ3n) is 7.32.